The largest absolute Gasteiger partial charge is 0.393 e. The summed E-state index contributed by atoms with van der Waals surface area (Å²) in [7, 11) is 0. The highest BCUT2D eigenvalue weighted by molar-refractivity contribution is 5.96. The fourth-order valence-corrected chi connectivity index (χ4v) is 2.96. The summed E-state index contributed by atoms with van der Waals surface area (Å²) in [5.41, 5.74) is 1.43. The lowest BCUT2D eigenvalue weighted by atomic mass is 10.1. The van der Waals surface area contributed by atoms with Crippen LogP contribution in [0.5, 0.6) is 0 Å². The lowest BCUT2D eigenvalue weighted by Gasteiger charge is -2.16. The highest BCUT2D eigenvalue weighted by Crippen LogP contribution is 2.31. The van der Waals surface area contributed by atoms with Crippen LogP contribution in [-0.4, -0.2) is 27.7 Å². The van der Waals surface area contributed by atoms with Gasteiger partial charge in [0.25, 0.3) is 5.69 Å². The van der Waals surface area contributed by atoms with Crippen LogP contribution in [0.4, 0.5) is 11.4 Å². The monoisotopic (exact) mass is 287 g/mol. The Morgan fingerprint density at radius 1 is 1.38 bits per heavy atom. The predicted molar refractivity (Wildman–Crippen MR) is 80.2 cm³/mol. The Bertz CT molecular complexity index is 674. The van der Waals surface area contributed by atoms with Gasteiger partial charge < -0.3 is 10.4 Å². The predicted octanol–water partition coefficient (Wildman–Crippen LogP) is 2.72. The molecule has 1 aromatic carbocycles. The van der Waals surface area contributed by atoms with Gasteiger partial charge in [0.15, 0.2) is 0 Å². The second-order valence-electron chi connectivity index (χ2n) is 5.43. The maximum atomic E-state index is 11.1. The van der Waals surface area contributed by atoms with Gasteiger partial charge in [-0.1, -0.05) is 6.42 Å². The van der Waals surface area contributed by atoms with E-state index in [0.717, 1.165) is 24.9 Å². The Kier molecular flexibility index (Phi) is 3.70. The number of benzene rings is 1. The SMILES string of the molecule is O=[N+]([O-])c1ccc(NCC2CCCC2O)c2ncccc12. The summed E-state index contributed by atoms with van der Waals surface area (Å²) >= 11 is 0. The number of pyridine rings is 1. The molecule has 1 aliphatic carbocycles. The van der Waals surface area contributed by atoms with E-state index in [9.17, 15) is 15.2 Å². The zero-order valence-corrected chi connectivity index (χ0v) is 11.5. The number of hydrogen-bond acceptors (Lipinski definition) is 5. The number of nitrogens with one attached hydrogen (secondary N) is 1. The molecule has 6 nitrogen and oxygen atoms in total. The van der Waals surface area contributed by atoms with E-state index < -0.39 is 4.92 Å². The molecule has 1 aliphatic rings. The number of anilines is 1. The van der Waals surface area contributed by atoms with Crippen LogP contribution >= 0.6 is 0 Å². The molecule has 110 valence electrons. The quantitative estimate of drug-likeness (QED) is 0.666. The topological polar surface area (TPSA) is 88.3 Å². The molecule has 0 radical (unpaired) electrons. The van der Waals surface area contributed by atoms with Crippen LogP contribution in [0.25, 0.3) is 10.9 Å². The second kappa shape index (κ2) is 5.65. The Balaban J connectivity index is 1.89. The highest BCUT2D eigenvalue weighted by atomic mass is 16.6. The molecular formula is C15H17N3O3. The fourth-order valence-electron chi connectivity index (χ4n) is 2.96. The Hall–Kier alpha value is -2.21. The van der Waals surface area contributed by atoms with Crippen molar-refractivity contribution in [3.63, 3.8) is 0 Å². The summed E-state index contributed by atoms with van der Waals surface area (Å²) in [6, 6.07) is 6.59. The van der Waals surface area contributed by atoms with E-state index in [1.54, 1.807) is 24.4 Å². The average molecular weight is 287 g/mol. The molecule has 2 atom stereocenters. The molecule has 21 heavy (non-hydrogen) atoms. The van der Waals surface area contributed by atoms with Crippen molar-refractivity contribution in [3.05, 3.63) is 40.6 Å². The summed E-state index contributed by atoms with van der Waals surface area (Å²) in [5.74, 6) is 0.235. The summed E-state index contributed by atoms with van der Waals surface area (Å²) in [5, 5.41) is 24.7. The molecule has 1 aromatic heterocycles. The van der Waals surface area contributed by atoms with Crippen molar-refractivity contribution in [1.29, 1.82) is 0 Å². The van der Waals surface area contributed by atoms with Gasteiger partial charge in [-0.2, -0.15) is 0 Å². The van der Waals surface area contributed by atoms with Crippen molar-refractivity contribution >= 4 is 22.3 Å². The van der Waals surface area contributed by atoms with Crippen LogP contribution in [-0.2, 0) is 0 Å². The van der Waals surface area contributed by atoms with E-state index in [1.165, 1.54) is 6.07 Å². The summed E-state index contributed by atoms with van der Waals surface area (Å²) < 4.78 is 0. The van der Waals surface area contributed by atoms with E-state index in [1.807, 2.05) is 0 Å². The number of aliphatic hydroxyl groups excluding tert-OH is 1. The third-order valence-corrected chi connectivity index (χ3v) is 4.12. The molecule has 2 aromatic rings. The number of aliphatic hydroxyl groups is 1. The van der Waals surface area contributed by atoms with Gasteiger partial charge in [0.1, 0.15) is 5.52 Å². The van der Waals surface area contributed by atoms with Crippen LogP contribution in [0.2, 0.25) is 0 Å². The number of hydrogen-bond donors (Lipinski definition) is 2. The Labute approximate surface area is 122 Å². The smallest absolute Gasteiger partial charge is 0.278 e. The van der Waals surface area contributed by atoms with E-state index in [4.69, 9.17) is 0 Å². The standard InChI is InChI=1S/C15H17N3O3/c19-14-5-1-3-10(14)9-17-12-6-7-13(18(20)21)11-4-2-8-16-15(11)12/h2,4,6-8,10,14,17,19H,1,3,5,9H2. The molecular weight excluding hydrogens is 270 g/mol. The molecule has 0 aliphatic heterocycles. The number of rotatable bonds is 4. The first-order chi connectivity index (χ1) is 10.2. The molecule has 1 heterocycles. The molecule has 2 unspecified atom stereocenters. The first kappa shape index (κ1) is 13.8. The van der Waals surface area contributed by atoms with E-state index >= 15 is 0 Å². The zero-order chi connectivity index (χ0) is 14.8. The third kappa shape index (κ3) is 2.67. The van der Waals surface area contributed by atoms with Crippen molar-refractivity contribution in [3.8, 4) is 0 Å². The maximum Gasteiger partial charge on any atom is 0.278 e. The van der Waals surface area contributed by atoms with Gasteiger partial charge in [-0.25, -0.2) is 0 Å². The third-order valence-electron chi connectivity index (χ3n) is 4.12. The van der Waals surface area contributed by atoms with Crippen LogP contribution < -0.4 is 5.32 Å². The Morgan fingerprint density at radius 2 is 2.24 bits per heavy atom. The van der Waals surface area contributed by atoms with Crippen molar-refractivity contribution in [1.82, 2.24) is 4.98 Å². The molecule has 1 fully saturated rings. The van der Waals surface area contributed by atoms with Gasteiger partial charge in [0.2, 0.25) is 0 Å². The number of fused-ring (bicyclic) bond motifs is 1. The van der Waals surface area contributed by atoms with Crippen LogP contribution in [0.15, 0.2) is 30.5 Å². The van der Waals surface area contributed by atoms with Crippen molar-refractivity contribution in [2.75, 3.05) is 11.9 Å². The van der Waals surface area contributed by atoms with Gasteiger partial charge in [-0.05, 0) is 31.0 Å². The van der Waals surface area contributed by atoms with E-state index in [2.05, 4.69) is 10.3 Å². The molecule has 1 saturated carbocycles. The minimum absolute atomic E-state index is 0.0598. The molecule has 3 rings (SSSR count). The number of aromatic nitrogens is 1. The van der Waals surface area contributed by atoms with E-state index in [-0.39, 0.29) is 17.7 Å². The van der Waals surface area contributed by atoms with Crippen molar-refractivity contribution < 1.29 is 10.0 Å². The van der Waals surface area contributed by atoms with Gasteiger partial charge in [0.05, 0.1) is 22.1 Å². The zero-order valence-electron chi connectivity index (χ0n) is 11.5. The minimum atomic E-state index is -0.394. The number of non-ortho nitro benzene ring substituents is 1. The maximum absolute atomic E-state index is 11.1. The minimum Gasteiger partial charge on any atom is -0.393 e. The molecule has 0 amide bonds. The number of nitro groups is 1. The number of nitro benzene ring substituents is 1. The number of nitrogens with zero attached hydrogens (tertiary/aromatic N) is 2. The lowest BCUT2D eigenvalue weighted by molar-refractivity contribution is -0.383. The molecule has 6 heteroatoms. The molecule has 0 bridgehead atoms. The van der Waals surface area contributed by atoms with Crippen LogP contribution in [0.1, 0.15) is 19.3 Å². The van der Waals surface area contributed by atoms with Gasteiger partial charge in [-0.3, -0.25) is 15.1 Å². The summed E-state index contributed by atoms with van der Waals surface area (Å²) in [6.45, 7) is 0.657. The van der Waals surface area contributed by atoms with Crippen molar-refractivity contribution in [2.45, 2.75) is 25.4 Å². The first-order valence-corrected chi connectivity index (χ1v) is 7.11. The lowest BCUT2D eigenvalue weighted by Crippen LogP contribution is -2.22. The highest BCUT2D eigenvalue weighted by Gasteiger charge is 2.25. The van der Waals surface area contributed by atoms with Gasteiger partial charge in [-0.15, -0.1) is 0 Å². The second-order valence-corrected chi connectivity index (χ2v) is 5.43. The fraction of sp³-hybridized carbons (Fsp3) is 0.400. The molecule has 0 saturated heterocycles. The average Bonchev–Trinajstić information content (AvgIpc) is 2.89. The normalized spacial score (nSPS) is 21.6. The summed E-state index contributed by atoms with van der Waals surface area (Å²) in [6.07, 6.45) is 4.28. The Morgan fingerprint density at radius 3 is 2.95 bits per heavy atom. The summed E-state index contributed by atoms with van der Waals surface area (Å²) in [4.78, 5) is 14.9. The van der Waals surface area contributed by atoms with Crippen LogP contribution in [0.3, 0.4) is 0 Å². The first-order valence-electron chi connectivity index (χ1n) is 7.11. The van der Waals surface area contributed by atoms with Gasteiger partial charge in [0, 0.05) is 24.7 Å². The van der Waals surface area contributed by atoms with Gasteiger partial charge >= 0.3 is 0 Å². The van der Waals surface area contributed by atoms with E-state index in [0.29, 0.717) is 17.4 Å². The molecule has 0 spiro atoms. The van der Waals surface area contributed by atoms with Crippen molar-refractivity contribution in [2.24, 2.45) is 5.92 Å². The van der Waals surface area contributed by atoms with Crippen LogP contribution in [0, 0.1) is 16.0 Å². The molecule has 2 N–H and O–H groups in total.